The first-order valence-corrected chi connectivity index (χ1v) is 12.3. The van der Waals surface area contributed by atoms with Crippen LogP contribution in [0.3, 0.4) is 0 Å². The summed E-state index contributed by atoms with van der Waals surface area (Å²) in [6.45, 7) is 4.15. The molecular formula is C24H32F4N6O. The fourth-order valence-electron chi connectivity index (χ4n) is 6.05. The quantitative estimate of drug-likeness (QED) is 0.556. The highest BCUT2D eigenvalue weighted by Crippen LogP contribution is 2.64. The minimum Gasteiger partial charge on any atom is -0.431 e. The van der Waals surface area contributed by atoms with Crippen molar-refractivity contribution < 1.29 is 22.3 Å². The third-order valence-corrected chi connectivity index (χ3v) is 7.73. The van der Waals surface area contributed by atoms with E-state index < -0.39 is 13.0 Å². The fraction of sp³-hybridized carbons (Fsp3) is 0.667. The Labute approximate surface area is 202 Å². The zero-order valence-corrected chi connectivity index (χ0v) is 20.0. The number of nitrogens with zero attached hydrogens (tertiary/aromatic N) is 5. The maximum Gasteiger partial charge on any atom is 0.387 e. The number of fused-ring (bicyclic) bond motifs is 1. The molecule has 1 saturated heterocycles. The van der Waals surface area contributed by atoms with Gasteiger partial charge in [-0.15, -0.1) is 0 Å². The van der Waals surface area contributed by atoms with Crippen molar-refractivity contribution in [3.63, 3.8) is 0 Å². The van der Waals surface area contributed by atoms with E-state index in [0.29, 0.717) is 48.1 Å². The van der Waals surface area contributed by atoms with Gasteiger partial charge in [0, 0.05) is 61.6 Å². The number of ether oxygens (including phenoxy) is 1. The second kappa shape index (κ2) is 9.57. The molecule has 2 aliphatic carbocycles. The van der Waals surface area contributed by atoms with Crippen molar-refractivity contribution in [1.82, 2.24) is 24.6 Å². The van der Waals surface area contributed by atoms with E-state index >= 15 is 0 Å². The van der Waals surface area contributed by atoms with E-state index in [1.807, 2.05) is 15.6 Å². The van der Waals surface area contributed by atoms with E-state index in [1.54, 1.807) is 0 Å². The topological polar surface area (TPSA) is 72.4 Å². The number of aromatic nitrogens is 3. The molecule has 3 heterocycles. The molecule has 1 aliphatic heterocycles. The number of halogens is 4. The first-order valence-electron chi connectivity index (χ1n) is 12.3. The molecule has 4 atom stereocenters. The SMILES string of the molecule is CC(C)n1nc(-c2cnc(N)c(OC(F)F)c2)cc1C1[C@H]2CC(N3CCN(CC(F)F)CC3)C[C@@H]12. The van der Waals surface area contributed by atoms with Crippen molar-refractivity contribution >= 4 is 5.82 Å². The smallest absolute Gasteiger partial charge is 0.387 e. The van der Waals surface area contributed by atoms with Crippen LogP contribution >= 0.6 is 0 Å². The van der Waals surface area contributed by atoms with E-state index in [1.165, 1.54) is 18.0 Å². The third kappa shape index (κ3) is 4.97. The van der Waals surface area contributed by atoms with Crippen LogP contribution in [0.1, 0.15) is 44.3 Å². The molecule has 3 fully saturated rings. The Kier molecular flexibility index (Phi) is 6.65. The standard InChI is InChI=1S/C24H32F4N6O/c1-13(2)34-19(10-18(31-34)14-7-20(35-24(27)28)23(29)30-11-14)22-16-8-15(9-17(16)22)33-5-3-32(4-6-33)12-21(25)26/h7,10-11,13,15-17,21-22,24H,3-6,8-9,12H2,1-2H3,(H2,29,30)/t15?,16-,17+,22?. The molecule has 0 aromatic carbocycles. The van der Waals surface area contributed by atoms with Gasteiger partial charge in [-0.05, 0) is 50.7 Å². The monoisotopic (exact) mass is 496 g/mol. The maximum absolute atomic E-state index is 12.7. The lowest BCUT2D eigenvalue weighted by Crippen LogP contribution is -2.51. The summed E-state index contributed by atoms with van der Waals surface area (Å²) in [7, 11) is 0. The van der Waals surface area contributed by atoms with Gasteiger partial charge < -0.3 is 10.5 Å². The molecular weight excluding hydrogens is 464 g/mol. The zero-order valence-electron chi connectivity index (χ0n) is 20.0. The highest BCUT2D eigenvalue weighted by molar-refractivity contribution is 5.64. The Morgan fingerprint density at radius 2 is 1.74 bits per heavy atom. The van der Waals surface area contributed by atoms with Crippen molar-refractivity contribution in [2.24, 2.45) is 11.8 Å². The number of pyridine rings is 1. The number of hydrogen-bond acceptors (Lipinski definition) is 6. The van der Waals surface area contributed by atoms with Crippen LogP contribution < -0.4 is 10.5 Å². The minimum atomic E-state index is -2.98. The van der Waals surface area contributed by atoms with Gasteiger partial charge in [0.15, 0.2) is 11.6 Å². The van der Waals surface area contributed by atoms with Gasteiger partial charge in [-0.3, -0.25) is 14.5 Å². The number of nitrogens with two attached hydrogens (primary N) is 1. The second-order valence-electron chi connectivity index (χ2n) is 10.2. The van der Waals surface area contributed by atoms with Crippen LogP contribution in [-0.2, 0) is 0 Å². The van der Waals surface area contributed by atoms with E-state index in [2.05, 4.69) is 28.5 Å². The molecule has 0 radical (unpaired) electrons. The van der Waals surface area contributed by atoms with Gasteiger partial charge >= 0.3 is 6.61 Å². The highest BCUT2D eigenvalue weighted by Gasteiger charge is 2.58. The van der Waals surface area contributed by atoms with E-state index in [-0.39, 0.29) is 24.2 Å². The van der Waals surface area contributed by atoms with Crippen LogP contribution in [0.2, 0.25) is 0 Å². The molecule has 2 unspecified atom stereocenters. The second-order valence-corrected chi connectivity index (χ2v) is 10.2. The predicted molar refractivity (Wildman–Crippen MR) is 124 cm³/mol. The first kappa shape index (κ1) is 24.3. The summed E-state index contributed by atoms with van der Waals surface area (Å²) in [6, 6.07) is 4.17. The Morgan fingerprint density at radius 3 is 2.34 bits per heavy atom. The van der Waals surface area contributed by atoms with Crippen molar-refractivity contribution in [2.45, 2.75) is 57.7 Å². The van der Waals surface area contributed by atoms with Crippen molar-refractivity contribution in [2.75, 3.05) is 38.5 Å². The molecule has 11 heteroatoms. The van der Waals surface area contributed by atoms with Crippen molar-refractivity contribution in [1.29, 1.82) is 0 Å². The molecule has 5 rings (SSSR count). The van der Waals surface area contributed by atoms with Gasteiger partial charge in [0.25, 0.3) is 6.43 Å². The van der Waals surface area contributed by atoms with Crippen molar-refractivity contribution in [3.8, 4) is 17.0 Å². The molecule has 2 N–H and O–H groups in total. The third-order valence-electron chi connectivity index (χ3n) is 7.73. The first-order chi connectivity index (χ1) is 16.7. The van der Waals surface area contributed by atoms with Gasteiger partial charge in [0.1, 0.15) is 0 Å². The van der Waals surface area contributed by atoms with Gasteiger partial charge in [0.05, 0.1) is 12.2 Å². The van der Waals surface area contributed by atoms with Crippen molar-refractivity contribution in [3.05, 3.63) is 24.0 Å². The Bertz CT molecular complexity index is 1030. The summed E-state index contributed by atoms with van der Waals surface area (Å²) in [5, 5.41) is 4.77. The van der Waals surface area contributed by atoms with E-state index in [9.17, 15) is 17.6 Å². The normalized spacial score (nSPS) is 27.2. The summed E-state index contributed by atoms with van der Waals surface area (Å²) in [6.07, 6.45) is 1.48. The molecule has 0 bridgehead atoms. The number of alkyl halides is 4. The molecule has 2 saturated carbocycles. The molecule has 2 aromatic heterocycles. The summed E-state index contributed by atoms with van der Waals surface area (Å²) in [4.78, 5) is 8.34. The van der Waals surface area contributed by atoms with Gasteiger partial charge in [-0.1, -0.05) is 0 Å². The Balaban J connectivity index is 1.26. The number of anilines is 1. The lowest BCUT2D eigenvalue weighted by molar-refractivity contribution is -0.0494. The fourth-order valence-corrected chi connectivity index (χ4v) is 6.05. The molecule has 0 amide bonds. The lowest BCUT2D eigenvalue weighted by atomic mass is 10.0. The average Bonchev–Trinajstić information content (AvgIpc) is 3.14. The molecule has 35 heavy (non-hydrogen) atoms. The highest BCUT2D eigenvalue weighted by atomic mass is 19.3. The Hall–Kier alpha value is -2.40. The van der Waals surface area contributed by atoms with E-state index in [0.717, 1.165) is 25.9 Å². The predicted octanol–water partition coefficient (Wildman–Crippen LogP) is 4.08. The van der Waals surface area contributed by atoms with Crippen LogP contribution in [0, 0.1) is 11.8 Å². The van der Waals surface area contributed by atoms with Crippen LogP contribution in [-0.4, -0.2) is 76.4 Å². The molecule has 7 nitrogen and oxygen atoms in total. The number of rotatable bonds is 8. The van der Waals surface area contributed by atoms with Gasteiger partial charge in [0.2, 0.25) is 0 Å². The van der Waals surface area contributed by atoms with Crippen LogP contribution in [0.5, 0.6) is 5.75 Å². The molecule has 0 spiro atoms. The summed E-state index contributed by atoms with van der Waals surface area (Å²) in [5.41, 5.74) is 8.10. The summed E-state index contributed by atoms with van der Waals surface area (Å²) < 4.78 is 57.3. The zero-order chi connectivity index (χ0) is 24.9. The van der Waals surface area contributed by atoms with Gasteiger partial charge in [-0.2, -0.15) is 13.9 Å². The van der Waals surface area contributed by atoms with Crippen LogP contribution in [0.15, 0.2) is 18.3 Å². The molecule has 3 aliphatic rings. The maximum atomic E-state index is 12.7. The van der Waals surface area contributed by atoms with Crippen LogP contribution in [0.25, 0.3) is 11.3 Å². The number of hydrogen-bond donors (Lipinski definition) is 1. The Morgan fingerprint density at radius 1 is 1.06 bits per heavy atom. The van der Waals surface area contributed by atoms with Crippen LogP contribution in [0.4, 0.5) is 23.4 Å². The summed E-state index contributed by atoms with van der Waals surface area (Å²) >= 11 is 0. The van der Waals surface area contributed by atoms with Gasteiger partial charge in [-0.25, -0.2) is 13.8 Å². The molecule has 192 valence electrons. The average molecular weight is 497 g/mol. The van der Waals surface area contributed by atoms with E-state index in [4.69, 9.17) is 10.8 Å². The largest absolute Gasteiger partial charge is 0.431 e. The number of piperazine rings is 1. The summed E-state index contributed by atoms with van der Waals surface area (Å²) in [5.74, 6) is 1.36. The number of nitrogen functional groups attached to an aromatic ring is 1. The minimum absolute atomic E-state index is 0.0876. The lowest BCUT2D eigenvalue weighted by Gasteiger charge is -2.38. The molecule has 2 aromatic rings.